The highest BCUT2D eigenvalue weighted by Gasteiger charge is 2.32. The van der Waals surface area contributed by atoms with E-state index in [-0.39, 0.29) is 16.9 Å². The number of nitrogens with one attached hydrogen (secondary N) is 1. The number of carboxylic acids is 1. The Bertz CT molecular complexity index is 791. The van der Waals surface area contributed by atoms with Gasteiger partial charge in [-0.05, 0) is 0 Å². The van der Waals surface area contributed by atoms with Gasteiger partial charge < -0.3 is 19.4 Å². The molecule has 0 aliphatic carbocycles. The number of fused-ring (bicyclic) bond motifs is 1. The quantitative estimate of drug-likeness (QED) is 0.889. The lowest BCUT2D eigenvalue weighted by atomic mass is 10.3. The molecule has 7 nitrogen and oxygen atoms in total. The Morgan fingerprint density at radius 2 is 2.09 bits per heavy atom. The summed E-state index contributed by atoms with van der Waals surface area (Å²) in [5.41, 5.74) is -1.36. The molecular formula is C12H12F3N3O4. The van der Waals surface area contributed by atoms with Crippen molar-refractivity contribution >= 4 is 17.0 Å². The molecule has 0 saturated heterocycles. The van der Waals surface area contributed by atoms with E-state index in [1.165, 1.54) is 7.05 Å². The van der Waals surface area contributed by atoms with Gasteiger partial charge in [-0.2, -0.15) is 13.2 Å². The number of aromatic nitrogens is 3. The van der Waals surface area contributed by atoms with Crippen LogP contribution in [0, 0.1) is 0 Å². The minimum atomic E-state index is -4.67. The molecule has 0 bridgehead atoms. The number of ether oxygens (including phenoxy) is 1. The molecule has 0 spiro atoms. The van der Waals surface area contributed by atoms with Gasteiger partial charge in [0.25, 0.3) is 5.56 Å². The van der Waals surface area contributed by atoms with Crippen molar-refractivity contribution in [1.29, 1.82) is 0 Å². The van der Waals surface area contributed by atoms with Crippen molar-refractivity contribution < 1.29 is 27.8 Å². The maximum absolute atomic E-state index is 12.3. The molecule has 0 aliphatic heterocycles. The van der Waals surface area contributed by atoms with E-state index in [1.807, 2.05) is 0 Å². The highest BCUT2D eigenvalue weighted by molar-refractivity contribution is 5.99. The number of hydrogen-bond acceptors (Lipinski definition) is 4. The van der Waals surface area contributed by atoms with Gasteiger partial charge in [-0.3, -0.25) is 4.79 Å². The number of carbonyl (C=O) groups is 1. The highest BCUT2D eigenvalue weighted by atomic mass is 19.4. The number of rotatable bonds is 4. The first-order valence-corrected chi connectivity index (χ1v) is 6.20. The minimum absolute atomic E-state index is 0.0461. The van der Waals surface area contributed by atoms with E-state index in [4.69, 9.17) is 0 Å². The maximum atomic E-state index is 12.3. The van der Waals surface area contributed by atoms with Crippen LogP contribution in [-0.4, -0.2) is 38.4 Å². The SMILES string of the molecule is CCc1nc2c(c(OCC(F)(F)F)c(C(=O)O)n2C)c(=O)[nH]1. The molecule has 0 aromatic carbocycles. The number of aryl methyl sites for hydroxylation is 2. The van der Waals surface area contributed by atoms with Gasteiger partial charge in [0.05, 0.1) is 0 Å². The number of aromatic amines is 1. The molecule has 0 radical (unpaired) electrons. The van der Waals surface area contributed by atoms with Gasteiger partial charge in [0.2, 0.25) is 0 Å². The van der Waals surface area contributed by atoms with Gasteiger partial charge in [-0.1, -0.05) is 6.92 Å². The number of nitrogens with zero attached hydrogens (tertiary/aromatic N) is 2. The summed E-state index contributed by atoms with van der Waals surface area (Å²) in [6, 6.07) is 0. The van der Waals surface area contributed by atoms with Gasteiger partial charge in [-0.25, -0.2) is 9.78 Å². The standard InChI is InChI=1S/C12H12F3N3O4/c1-3-5-16-9-6(10(19)17-5)8(22-4-12(13,14)15)7(11(20)21)18(9)2/h3-4H2,1-2H3,(H,20,21)(H,16,17,19). The average molecular weight is 319 g/mol. The number of H-pyrrole nitrogens is 1. The van der Waals surface area contributed by atoms with Crippen molar-refractivity contribution in [2.24, 2.45) is 7.05 Å². The van der Waals surface area contributed by atoms with Crippen LogP contribution in [0.2, 0.25) is 0 Å². The molecule has 2 heterocycles. The molecule has 0 aliphatic rings. The largest absolute Gasteiger partial charge is 0.481 e. The monoisotopic (exact) mass is 319 g/mol. The molecule has 2 aromatic heterocycles. The molecule has 0 amide bonds. The van der Waals surface area contributed by atoms with Crippen molar-refractivity contribution in [2.45, 2.75) is 19.5 Å². The van der Waals surface area contributed by atoms with Crippen molar-refractivity contribution in [2.75, 3.05) is 6.61 Å². The summed E-state index contributed by atoms with van der Waals surface area (Å²) < 4.78 is 42.5. The fourth-order valence-electron chi connectivity index (χ4n) is 2.03. The Hall–Kier alpha value is -2.52. The van der Waals surface area contributed by atoms with E-state index in [9.17, 15) is 27.9 Å². The lowest BCUT2D eigenvalue weighted by molar-refractivity contribution is -0.153. The van der Waals surface area contributed by atoms with Crippen LogP contribution in [0.15, 0.2) is 4.79 Å². The van der Waals surface area contributed by atoms with Crippen LogP contribution in [-0.2, 0) is 13.5 Å². The lowest BCUT2D eigenvalue weighted by Gasteiger charge is -2.09. The maximum Gasteiger partial charge on any atom is 0.422 e. The summed E-state index contributed by atoms with van der Waals surface area (Å²) in [6.45, 7) is 0.00752. The van der Waals surface area contributed by atoms with Crippen molar-refractivity contribution in [3.05, 3.63) is 21.9 Å². The fraction of sp³-hybridized carbons (Fsp3) is 0.417. The van der Waals surface area contributed by atoms with Gasteiger partial charge >= 0.3 is 12.1 Å². The van der Waals surface area contributed by atoms with Gasteiger partial charge in [-0.15, -0.1) is 0 Å². The van der Waals surface area contributed by atoms with E-state index in [0.717, 1.165) is 4.57 Å². The Kier molecular flexibility index (Phi) is 3.86. The highest BCUT2D eigenvalue weighted by Crippen LogP contribution is 2.30. The first kappa shape index (κ1) is 15.9. The third-order valence-corrected chi connectivity index (χ3v) is 2.96. The van der Waals surface area contributed by atoms with E-state index in [0.29, 0.717) is 6.42 Å². The number of aromatic carboxylic acids is 1. The van der Waals surface area contributed by atoms with Crippen molar-refractivity contribution in [3.8, 4) is 5.75 Å². The van der Waals surface area contributed by atoms with Crippen LogP contribution in [0.4, 0.5) is 13.2 Å². The Morgan fingerprint density at radius 3 is 2.59 bits per heavy atom. The van der Waals surface area contributed by atoms with Crippen LogP contribution in [0.5, 0.6) is 5.75 Å². The van der Waals surface area contributed by atoms with Crippen molar-refractivity contribution in [3.63, 3.8) is 0 Å². The second-order valence-corrected chi connectivity index (χ2v) is 4.51. The Morgan fingerprint density at radius 1 is 1.45 bits per heavy atom. The average Bonchev–Trinajstić information content (AvgIpc) is 2.69. The molecule has 0 atom stereocenters. The first-order chi connectivity index (χ1) is 10.2. The molecule has 0 unspecified atom stereocenters. The summed E-state index contributed by atoms with van der Waals surface area (Å²) in [5.74, 6) is -1.87. The van der Waals surface area contributed by atoms with Crippen LogP contribution in [0.25, 0.3) is 11.0 Å². The topological polar surface area (TPSA) is 97.2 Å². The number of halogens is 3. The van der Waals surface area contributed by atoms with Gasteiger partial charge in [0, 0.05) is 13.5 Å². The van der Waals surface area contributed by atoms with E-state index in [1.54, 1.807) is 6.92 Å². The molecule has 2 rings (SSSR count). The Labute approximate surface area is 121 Å². The van der Waals surface area contributed by atoms with Crippen molar-refractivity contribution in [1.82, 2.24) is 14.5 Å². The summed E-state index contributed by atoms with van der Waals surface area (Å²) in [7, 11) is 1.29. The Balaban J connectivity index is 2.74. The molecule has 0 saturated carbocycles. The molecular weight excluding hydrogens is 307 g/mol. The zero-order valence-electron chi connectivity index (χ0n) is 11.6. The van der Waals surface area contributed by atoms with Crippen LogP contribution in [0.1, 0.15) is 23.2 Å². The first-order valence-electron chi connectivity index (χ1n) is 6.20. The van der Waals surface area contributed by atoms with Crippen LogP contribution < -0.4 is 10.3 Å². The zero-order chi connectivity index (χ0) is 16.7. The molecule has 2 aromatic rings. The number of hydrogen-bond donors (Lipinski definition) is 2. The van der Waals surface area contributed by atoms with Gasteiger partial charge in [0.15, 0.2) is 23.7 Å². The third kappa shape index (κ3) is 2.76. The summed E-state index contributed by atoms with van der Waals surface area (Å²) in [5, 5.41) is 8.85. The van der Waals surface area contributed by atoms with Crippen LogP contribution >= 0.6 is 0 Å². The molecule has 2 N–H and O–H groups in total. The second kappa shape index (κ2) is 5.35. The third-order valence-electron chi connectivity index (χ3n) is 2.96. The summed E-state index contributed by atoms with van der Waals surface area (Å²) in [6.07, 6.45) is -4.29. The van der Waals surface area contributed by atoms with E-state index in [2.05, 4.69) is 14.7 Å². The predicted octanol–water partition coefficient (Wildman–Crippen LogP) is 1.46. The van der Waals surface area contributed by atoms with Gasteiger partial charge in [0.1, 0.15) is 11.2 Å². The van der Waals surface area contributed by atoms with E-state index < -0.39 is 35.8 Å². The second-order valence-electron chi connectivity index (χ2n) is 4.51. The molecule has 22 heavy (non-hydrogen) atoms. The van der Waals surface area contributed by atoms with Crippen LogP contribution in [0.3, 0.4) is 0 Å². The minimum Gasteiger partial charge on any atom is -0.481 e. The summed E-state index contributed by atoms with van der Waals surface area (Å²) in [4.78, 5) is 29.7. The molecule has 120 valence electrons. The zero-order valence-corrected chi connectivity index (χ0v) is 11.6. The van der Waals surface area contributed by atoms with E-state index >= 15 is 0 Å². The predicted molar refractivity (Wildman–Crippen MR) is 69.2 cm³/mol. The lowest BCUT2D eigenvalue weighted by Crippen LogP contribution is -2.21. The normalized spacial score (nSPS) is 11.9. The number of carboxylic acid groups (broad SMARTS) is 1. The fourth-order valence-corrected chi connectivity index (χ4v) is 2.03. The number of alkyl halides is 3. The summed E-state index contributed by atoms with van der Waals surface area (Å²) >= 11 is 0. The molecule has 10 heteroatoms. The molecule has 0 fully saturated rings. The smallest absolute Gasteiger partial charge is 0.422 e.